The molecule has 3 heteroatoms. The van der Waals surface area contributed by atoms with Gasteiger partial charge in [0.05, 0.1) is 6.54 Å². The molecule has 96 valence electrons. The molecule has 3 nitrogen and oxygen atoms in total. The third kappa shape index (κ3) is 5.51. The highest BCUT2D eigenvalue weighted by Gasteiger charge is 2.02. The predicted molar refractivity (Wildman–Crippen MR) is 75.4 cm³/mol. The van der Waals surface area contributed by atoms with Crippen LogP contribution in [0.4, 0.5) is 5.69 Å². The summed E-state index contributed by atoms with van der Waals surface area (Å²) >= 11 is 0. The zero-order valence-corrected chi connectivity index (χ0v) is 10.8. The van der Waals surface area contributed by atoms with Gasteiger partial charge >= 0.3 is 0 Å². The smallest absolute Gasteiger partial charge is 0.238 e. The first-order valence-electron chi connectivity index (χ1n) is 6.23. The minimum Gasteiger partial charge on any atom is -0.325 e. The molecule has 0 aromatic heterocycles. The first kappa shape index (κ1) is 14.3. The molecule has 0 bridgehead atoms. The molecule has 0 saturated carbocycles. The van der Waals surface area contributed by atoms with Crippen molar-refractivity contribution in [1.82, 2.24) is 5.32 Å². The maximum Gasteiger partial charge on any atom is 0.238 e. The zero-order valence-electron chi connectivity index (χ0n) is 10.8. The molecule has 0 unspecified atom stereocenters. The summed E-state index contributed by atoms with van der Waals surface area (Å²) < 4.78 is 0. The lowest BCUT2D eigenvalue weighted by atomic mass is 10.2. The highest BCUT2D eigenvalue weighted by atomic mass is 16.1. The van der Waals surface area contributed by atoms with E-state index in [-0.39, 0.29) is 5.91 Å². The summed E-state index contributed by atoms with van der Waals surface area (Å²) in [6.45, 7) is 3.14. The molecule has 2 N–H and O–H groups in total. The van der Waals surface area contributed by atoms with Crippen LogP contribution in [0.2, 0.25) is 0 Å². The number of para-hydroxylation sites is 1. The molecule has 1 aromatic carbocycles. The van der Waals surface area contributed by atoms with Crippen molar-refractivity contribution in [2.45, 2.75) is 26.2 Å². The molecule has 0 aliphatic heterocycles. The summed E-state index contributed by atoms with van der Waals surface area (Å²) in [5.74, 6) is 2.59. The average molecular weight is 244 g/mol. The second kappa shape index (κ2) is 8.32. The SMILES string of the molecule is C#CCCCCNCC(=O)Nc1ccccc1C. The number of nitrogens with one attached hydrogen (secondary N) is 2. The van der Waals surface area contributed by atoms with Crippen molar-refractivity contribution in [3.05, 3.63) is 29.8 Å². The molecule has 0 saturated heterocycles. The van der Waals surface area contributed by atoms with Gasteiger partial charge in [-0.15, -0.1) is 12.3 Å². The van der Waals surface area contributed by atoms with E-state index in [0.29, 0.717) is 6.54 Å². The number of amides is 1. The van der Waals surface area contributed by atoms with E-state index in [4.69, 9.17) is 6.42 Å². The van der Waals surface area contributed by atoms with Crippen molar-refractivity contribution in [3.8, 4) is 12.3 Å². The van der Waals surface area contributed by atoms with Gasteiger partial charge in [-0.3, -0.25) is 4.79 Å². The van der Waals surface area contributed by atoms with Crippen LogP contribution >= 0.6 is 0 Å². The molecule has 0 aliphatic carbocycles. The Hall–Kier alpha value is -1.79. The minimum absolute atomic E-state index is 0.0127. The van der Waals surface area contributed by atoms with E-state index in [1.165, 1.54) is 0 Å². The fourth-order valence-corrected chi connectivity index (χ4v) is 1.59. The van der Waals surface area contributed by atoms with Crippen LogP contribution in [-0.2, 0) is 4.79 Å². The van der Waals surface area contributed by atoms with E-state index < -0.39 is 0 Å². The fourth-order valence-electron chi connectivity index (χ4n) is 1.59. The van der Waals surface area contributed by atoms with Gasteiger partial charge in [-0.25, -0.2) is 0 Å². The van der Waals surface area contributed by atoms with Crippen LogP contribution < -0.4 is 10.6 Å². The molecule has 0 heterocycles. The van der Waals surface area contributed by atoms with E-state index in [0.717, 1.165) is 37.1 Å². The maximum absolute atomic E-state index is 11.6. The van der Waals surface area contributed by atoms with Crippen LogP contribution in [0.5, 0.6) is 0 Å². The highest BCUT2D eigenvalue weighted by molar-refractivity contribution is 5.92. The lowest BCUT2D eigenvalue weighted by molar-refractivity contribution is -0.115. The number of carbonyl (C=O) groups is 1. The van der Waals surface area contributed by atoms with Crippen molar-refractivity contribution in [2.24, 2.45) is 0 Å². The van der Waals surface area contributed by atoms with E-state index in [2.05, 4.69) is 16.6 Å². The summed E-state index contributed by atoms with van der Waals surface area (Å²) in [6.07, 6.45) is 7.96. The Morgan fingerprint density at radius 2 is 2.11 bits per heavy atom. The van der Waals surface area contributed by atoms with Gasteiger partial charge in [-0.2, -0.15) is 0 Å². The van der Waals surface area contributed by atoms with Crippen LogP contribution in [0.15, 0.2) is 24.3 Å². The number of rotatable bonds is 7. The van der Waals surface area contributed by atoms with Gasteiger partial charge in [0.15, 0.2) is 0 Å². The Morgan fingerprint density at radius 1 is 1.33 bits per heavy atom. The van der Waals surface area contributed by atoms with Crippen LogP contribution in [0, 0.1) is 19.3 Å². The first-order chi connectivity index (χ1) is 8.74. The third-order valence-corrected chi connectivity index (χ3v) is 2.63. The van der Waals surface area contributed by atoms with E-state index in [9.17, 15) is 4.79 Å². The molecule has 0 fully saturated rings. The normalized spacial score (nSPS) is 9.78. The van der Waals surface area contributed by atoms with Gasteiger partial charge < -0.3 is 10.6 Å². The molecule has 0 spiro atoms. The van der Waals surface area contributed by atoms with Gasteiger partial charge in [-0.05, 0) is 37.9 Å². The summed E-state index contributed by atoms with van der Waals surface area (Å²) in [5, 5.41) is 5.98. The quantitative estimate of drug-likeness (QED) is 0.571. The van der Waals surface area contributed by atoms with Gasteiger partial charge in [0.1, 0.15) is 0 Å². The molecule has 1 rings (SSSR count). The van der Waals surface area contributed by atoms with Crippen molar-refractivity contribution >= 4 is 11.6 Å². The van der Waals surface area contributed by atoms with Gasteiger partial charge in [-0.1, -0.05) is 18.2 Å². The Morgan fingerprint density at radius 3 is 2.83 bits per heavy atom. The highest BCUT2D eigenvalue weighted by Crippen LogP contribution is 2.12. The molecular formula is C15H20N2O. The van der Waals surface area contributed by atoms with Gasteiger partial charge in [0.25, 0.3) is 0 Å². The number of unbranched alkanes of at least 4 members (excludes halogenated alkanes) is 2. The predicted octanol–water partition coefficient (Wildman–Crippen LogP) is 2.33. The van der Waals surface area contributed by atoms with E-state index in [1.54, 1.807) is 0 Å². The summed E-state index contributed by atoms with van der Waals surface area (Å²) in [7, 11) is 0. The molecule has 1 aromatic rings. The second-order valence-electron chi connectivity index (χ2n) is 4.20. The van der Waals surface area contributed by atoms with E-state index >= 15 is 0 Å². The summed E-state index contributed by atoms with van der Waals surface area (Å²) in [4.78, 5) is 11.6. The lowest BCUT2D eigenvalue weighted by Gasteiger charge is -2.08. The van der Waals surface area contributed by atoms with Gasteiger partial charge in [0.2, 0.25) is 5.91 Å². The van der Waals surface area contributed by atoms with Gasteiger partial charge in [0, 0.05) is 12.1 Å². The summed E-state index contributed by atoms with van der Waals surface area (Å²) in [6, 6.07) is 7.74. The monoisotopic (exact) mass is 244 g/mol. The van der Waals surface area contributed by atoms with Crippen LogP contribution in [0.25, 0.3) is 0 Å². The molecular weight excluding hydrogens is 224 g/mol. The number of benzene rings is 1. The minimum atomic E-state index is -0.0127. The maximum atomic E-state index is 11.6. The van der Waals surface area contributed by atoms with Crippen molar-refractivity contribution in [2.75, 3.05) is 18.4 Å². The first-order valence-corrected chi connectivity index (χ1v) is 6.23. The number of carbonyl (C=O) groups excluding carboxylic acids is 1. The zero-order chi connectivity index (χ0) is 13.2. The standard InChI is InChI=1S/C15H20N2O/c1-3-4-5-8-11-16-12-15(18)17-14-10-7-6-9-13(14)2/h1,6-7,9-10,16H,4-5,8,11-12H2,2H3,(H,17,18). The topological polar surface area (TPSA) is 41.1 Å². The number of aryl methyl sites for hydroxylation is 1. The largest absolute Gasteiger partial charge is 0.325 e. The molecule has 1 amide bonds. The average Bonchev–Trinajstić information content (AvgIpc) is 2.36. The van der Waals surface area contributed by atoms with Crippen LogP contribution in [-0.4, -0.2) is 19.0 Å². The Kier molecular flexibility index (Phi) is 6.60. The number of hydrogen-bond donors (Lipinski definition) is 2. The fraction of sp³-hybridized carbons (Fsp3) is 0.400. The third-order valence-electron chi connectivity index (χ3n) is 2.63. The van der Waals surface area contributed by atoms with Crippen molar-refractivity contribution in [1.29, 1.82) is 0 Å². The molecule has 0 aliphatic rings. The molecule has 0 atom stereocenters. The van der Waals surface area contributed by atoms with Crippen LogP contribution in [0.1, 0.15) is 24.8 Å². The van der Waals surface area contributed by atoms with Crippen LogP contribution in [0.3, 0.4) is 0 Å². The second-order valence-corrected chi connectivity index (χ2v) is 4.20. The molecule has 0 radical (unpaired) electrons. The number of anilines is 1. The number of hydrogen-bond acceptors (Lipinski definition) is 2. The number of terminal acetylenes is 1. The lowest BCUT2D eigenvalue weighted by Crippen LogP contribution is -2.28. The van der Waals surface area contributed by atoms with Crippen molar-refractivity contribution < 1.29 is 4.79 Å². The summed E-state index contributed by atoms with van der Waals surface area (Å²) in [5.41, 5.74) is 1.94. The Labute approximate surface area is 109 Å². The Bertz CT molecular complexity index is 421. The Balaban J connectivity index is 2.19. The van der Waals surface area contributed by atoms with E-state index in [1.807, 2.05) is 31.2 Å². The van der Waals surface area contributed by atoms with Crippen molar-refractivity contribution in [3.63, 3.8) is 0 Å². The molecule has 18 heavy (non-hydrogen) atoms.